The van der Waals surface area contributed by atoms with E-state index >= 15 is 0 Å². The van der Waals surface area contributed by atoms with Crippen molar-refractivity contribution in [2.75, 3.05) is 20.2 Å². The molecule has 1 atom stereocenters. The first-order valence-corrected chi connectivity index (χ1v) is 5.15. The summed E-state index contributed by atoms with van der Waals surface area (Å²) < 4.78 is 5.15. The lowest BCUT2D eigenvalue weighted by atomic mass is 10.1. The Bertz CT molecular complexity index is 381. The van der Waals surface area contributed by atoms with E-state index in [1.165, 1.54) is 0 Å². The van der Waals surface area contributed by atoms with E-state index in [0.29, 0.717) is 5.88 Å². The van der Waals surface area contributed by atoms with Gasteiger partial charge in [0, 0.05) is 25.5 Å². The van der Waals surface area contributed by atoms with E-state index in [-0.39, 0.29) is 5.38 Å². The first-order valence-electron chi connectivity index (χ1n) is 4.72. The van der Waals surface area contributed by atoms with Crippen molar-refractivity contribution in [2.45, 2.75) is 5.38 Å². The highest BCUT2D eigenvalue weighted by Crippen LogP contribution is 2.23. The summed E-state index contributed by atoms with van der Waals surface area (Å²) in [5, 5.41) is 3.21. The Morgan fingerprint density at radius 3 is 3.00 bits per heavy atom. The molecule has 0 amide bonds. The van der Waals surface area contributed by atoms with Gasteiger partial charge in [-0.25, -0.2) is 9.97 Å². The van der Waals surface area contributed by atoms with Gasteiger partial charge in [-0.05, 0) is 5.57 Å². The number of methoxy groups -OCH3 is 1. The molecule has 2 rings (SSSR count). The lowest BCUT2D eigenvalue weighted by Crippen LogP contribution is -2.29. The third kappa shape index (κ3) is 2.27. The second kappa shape index (κ2) is 4.59. The fourth-order valence-electron chi connectivity index (χ4n) is 1.54. The minimum atomic E-state index is 0.000428. The number of nitrogens with one attached hydrogen (secondary N) is 1. The summed E-state index contributed by atoms with van der Waals surface area (Å²) in [6.07, 6.45) is 5.25. The zero-order valence-electron chi connectivity index (χ0n) is 8.40. The quantitative estimate of drug-likeness (QED) is 0.766. The Morgan fingerprint density at radius 1 is 1.47 bits per heavy atom. The van der Waals surface area contributed by atoms with Gasteiger partial charge in [0.25, 0.3) is 0 Å². The van der Waals surface area contributed by atoms with Crippen LogP contribution in [-0.4, -0.2) is 35.5 Å². The van der Waals surface area contributed by atoms with Crippen molar-refractivity contribution in [1.29, 1.82) is 0 Å². The molecule has 0 fully saturated rings. The van der Waals surface area contributed by atoms with E-state index in [2.05, 4.69) is 15.3 Å². The summed E-state index contributed by atoms with van der Waals surface area (Å²) in [5.41, 5.74) is 1.80. The molecule has 0 aromatic carbocycles. The van der Waals surface area contributed by atoms with E-state index in [1.54, 1.807) is 19.5 Å². The molecule has 1 unspecified atom stereocenters. The van der Waals surface area contributed by atoms with Gasteiger partial charge in [-0.1, -0.05) is 6.08 Å². The number of rotatable bonds is 2. The normalized spacial score (nSPS) is 20.9. The van der Waals surface area contributed by atoms with Gasteiger partial charge in [0.1, 0.15) is 5.69 Å². The van der Waals surface area contributed by atoms with Crippen molar-refractivity contribution in [3.63, 3.8) is 0 Å². The average molecular weight is 226 g/mol. The molecule has 1 aliphatic rings. The lowest BCUT2D eigenvalue weighted by Gasteiger charge is -2.18. The molecular formula is C10H12ClN3O. The number of hydrogen-bond donors (Lipinski definition) is 1. The van der Waals surface area contributed by atoms with Crippen LogP contribution in [0.5, 0.6) is 5.88 Å². The SMILES string of the molecule is COc1nccnc1C1=CC(Cl)CNC1. The van der Waals surface area contributed by atoms with Gasteiger partial charge >= 0.3 is 0 Å². The fourth-order valence-corrected chi connectivity index (χ4v) is 1.80. The highest BCUT2D eigenvalue weighted by Gasteiger charge is 2.16. The third-order valence-electron chi connectivity index (χ3n) is 2.20. The Balaban J connectivity index is 2.36. The van der Waals surface area contributed by atoms with Crippen LogP contribution in [0.25, 0.3) is 5.57 Å². The first-order chi connectivity index (χ1) is 7.31. The molecule has 0 saturated heterocycles. The van der Waals surface area contributed by atoms with Crippen LogP contribution in [0.15, 0.2) is 18.5 Å². The molecule has 0 radical (unpaired) electrons. The minimum absolute atomic E-state index is 0.000428. The standard InChI is InChI=1S/C10H12ClN3O/c1-15-10-9(13-2-3-14-10)7-4-8(11)6-12-5-7/h2-4,8,12H,5-6H2,1H3. The van der Waals surface area contributed by atoms with E-state index in [1.807, 2.05) is 6.08 Å². The molecule has 1 aliphatic heterocycles. The van der Waals surface area contributed by atoms with Crippen LogP contribution in [-0.2, 0) is 0 Å². The molecule has 0 bridgehead atoms. The lowest BCUT2D eigenvalue weighted by molar-refractivity contribution is 0.393. The molecule has 4 nitrogen and oxygen atoms in total. The van der Waals surface area contributed by atoms with Crippen molar-refractivity contribution in [3.05, 3.63) is 24.2 Å². The van der Waals surface area contributed by atoms with Crippen LogP contribution in [0.4, 0.5) is 0 Å². The Morgan fingerprint density at radius 2 is 2.27 bits per heavy atom. The fraction of sp³-hybridized carbons (Fsp3) is 0.400. The number of ether oxygens (including phenoxy) is 1. The van der Waals surface area contributed by atoms with Crippen molar-refractivity contribution in [3.8, 4) is 5.88 Å². The van der Waals surface area contributed by atoms with E-state index in [4.69, 9.17) is 16.3 Å². The van der Waals surface area contributed by atoms with Crippen LogP contribution in [0.3, 0.4) is 0 Å². The van der Waals surface area contributed by atoms with Crippen LogP contribution in [0, 0.1) is 0 Å². The van der Waals surface area contributed by atoms with Crippen molar-refractivity contribution < 1.29 is 4.74 Å². The molecule has 80 valence electrons. The maximum absolute atomic E-state index is 6.03. The largest absolute Gasteiger partial charge is 0.479 e. The molecule has 1 aromatic rings. The monoisotopic (exact) mass is 225 g/mol. The summed E-state index contributed by atoms with van der Waals surface area (Å²) in [4.78, 5) is 8.35. The van der Waals surface area contributed by atoms with Gasteiger partial charge in [0.2, 0.25) is 5.88 Å². The number of nitrogens with zero attached hydrogens (tertiary/aromatic N) is 2. The Hall–Kier alpha value is -1.13. The maximum atomic E-state index is 6.03. The molecular weight excluding hydrogens is 214 g/mol. The zero-order chi connectivity index (χ0) is 10.7. The zero-order valence-corrected chi connectivity index (χ0v) is 9.16. The molecule has 5 heteroatoms. The van der Waals surface area contributed by atoms with Crippen molar-refractivity contribution in [2.24, 2.45) is 0 Å². The van der Waals surface area contributed by atoms with E-state index in [0.717, 1.165) is 24.4 Å². The van der Waals surface area contributed by atoms with Gasteiger partial charge in [-0.15, -0.1) is 11.6 Å². The maximum Gasteiger partial charge on any atom is 0.240 e. The minimum Gasteiger partial charge on any atom is -0.479 e. The van der Waals surface area contributed by atoms with Crippen molar-refractivity contribution >= 4 is 17.2 Å². The van der Waals surface area contributed by atoms with Crippen molar-refractivity contribution in [1.82, 2.24) is 15.3 Å². The van der Waals surface area contributed by atoms with Crippen LogP contribution < -0.4 is 10.1 Å². The summed E-state index contributed by atoms with van der Waals surface area (Å²) in [6.45, 7) is 1.53. The van der Waals surface area contributed by atoms with Gasteiger partial charge in [0.15, 0.2) is 0 Å². The van der Waals surface area contributed by atoms with Crippen LogP contribution in [0.2, 0.25) is 0 Å². The second-order valence-electron chi connectivity index (χ2n) is 3.25. The van der Waals surface area contributed by atoms with Crippen LogP contribution >= 0.6 is 11.6 Å². The molecule has 15 heavy (non-hydrogen) atoms. The number of alkyl halides is 1. The highest BCUT2D eigenvalue weighted by atomic mass is 35.5. The summed E-state index contributed by atoms with van der Waals surface area (Å²) in [6, 6.07) is 0. The van der Waals surface area contributed by atoms with Gasteiger partial charge in [-0.3, -0.25) is 0 Å². The van der Waals surface area contributed by atoms with Gasteiger partial charge in [0.05, 0.1) is 12.5 Å². The van der Waals surface area contributed by atoms with Gasteiger partial charge < -0.3 is 10.1 Å². The van der Waals surface area contributed by atoms with E-state index in [9.17, 15) is 0 Å². The Labute approximate surface area is 93.3 Å². The average Bonchev–Trinajstić information content (AvgIpc) is 2.29. The van der Waals surface area contributed by atoms with Gasteiger partial charge in [-0.2, -0.15) is 0 Å². The first kappa shape index (κ1) is 10.4. The predicted octanol–water partition coefficient (Wildman–Crippen LogP) is 1.08. The predicted molar refractivity (Wildman–Crippen MR) is 59.1 cm³/mol. The topological polar surface area (TPSA) is 47.0 Å². The van der Waals surface area contributed by atoms with E-state index < -0.39 is 0 Å². The molecule has 1 N–H and O–H groups in total. The summed E-state index contributed by atoms with van der Waals surface area (Å²) in [5.74, 6) is 0.538. The number of aromatic nitrogens is 2. The summed E-state index contributed by atoms with van der Waals surface area (Å²) in [7, 11) is 1.59. The molecule has 0 saturated carbocycles. The summed E-state index contributed by atoms with van der Waals surface area (Å²) >= 11 is 6.03. The molecule has 0 spiro atoms. The smallest absolute Gasteiger partial charge is 0.240 e. The van der Waals surface area contributed by atoms with Crippen LogP contribution in [0.1, 0.15) is 5.69 Å². The number of hydrogen-bond acceptors (Lipinski definition) is 4. The number of halogens is 1. The molecule has 0 aliphatic carbocycles. The highest BCUT2D eigenvalue weighted by molar-refractivity contribution is 6.22. The molecule has 2 heterocycles. The second-order valence-corrected chi connectivity index (χ2v) is 3.81. The third-order valence-corrected chi connectivity index (χ3v) is 2.48. The molecule has 1 aromatic heterocycles. The Kier molecular flexibility index (Phi) is 3.18.